The molecule has 0 fully saturated rings. The van der Waals surface area contributed by atoms with E-state index >= 15 is 0 Å². The first-order chi connectivity index (χ1) is 16.4. The summed E-state index contributed by atoms with van der Waals surface area (Å²) in [6.07, 6.45) is 3.37. The number of hydrogen-bond acceptors (Lipinski definition) is 3. The molecule has 0 saturated heterocycles. The van der Waals surface area contributed by atoms with Gasteiger partial charge in [-0.2, -0.15) is 0 Å². The quantitative estimate of drug-likeness (QED) is 0.379. The number of carbonyl (C=O) groups is 1. The molecule has 5 rings (SSSR count). The number of carboxylic acids is 1. The second kappa shape index (κ2) is 8.33. The van der Waals surface area contributed by atoms with Gasteiger partial charge in [0.05, 0.1) is 24.0 Å². The molecule has 0 aliphatic heterocycles. The van der Waals surface area contributed by atoms with Gasteiger partial charge in [0.2, 0.25) is 0 Å². The number of rotatable bonds is 6. The van der Waals surface area contributed by atoms with Crippen LogP contribution in [0.25, 0.3) is 22.1 Å². The van der Waals surface area contributed by atoms with Gasteiger partial charge in [-0.15, -0.1) is 0 Å². The highest BCUT2D eigenvalue weighted by molar-refractivity contribution is 5.88. The average Bonchev–Trinajstić information content (AvgIpc) is 3.36. The molecule has 5 aromatic rings. The van der Waals surface area contributed by atoms with Crippen molar-refractivity contribution >= 4 is 28.0 Å². The molecule has 0 spiro atoms. The van der Waals surface area contributed by atoms with E-state index in [0.717, 1.165) is 27.6 Å². The Morgan fingerprint density at radius 2 is 1.85 bits per heavy atom. The van der Waals surface area contributed by atoms with Gasteiger partial charge in [-0.3, -0.25) is 13.9 Å². The summed E-state index contributed by atoms with van der Waals surface area (Å²) in [4.78, 5) is 33.6. The van der Waals surface area contributed by atoms with E-state index in [4.69, 9.17) is 0 Å². The van der Waals surface area contributed by atoms with Crippen LogP contribution in [0.5, 0.6) is 0 Å². The molecule has 0 saturated carbocycles. The molecule has 1 unspecified atom stereocenters. The summed E-state index contributed by atoms with van der Waals surface area (Å²) in [6.45, 7) is 6.13. The standard InChI is InChI=1S/C27H26N4O3/c1-16-12-17(2)25-20(15-29-21(25)13-16)18(3)30-22-10-7-11-28-26(22)31(27(30)34)23(14-24(32)33)19-8-5-4-6-9-19/h4-13,15,18,23,29H,14H2,1-3H3,(H,32,33)/t18?,23-/m1/s1. The van der Waals surface area contributed by atoms with Crippen molar-refractivity contribution in [1.29, 1.82) is 0 Å². The zero-order chi connectivity index (χ0) is 24.0. The van der Waals surface area contributed by atoms with E-state index < -0.39 is 12.0 Å². The van der Waals surface area contributed by atoms with Gasteiger partial charge in [0, 0.05) is 28.9 Å². The Balaban J connectivity index is 1.75. The lowest BCUT2D eigenvalue weighted by Crippen LogP contribution is -2.31. The molecular weight excluding hydrogens is 428 g/mol. The second-order valence-corrected chi connectivity index (χ2v) is 8.82. The van der Waals surface area contributed by atoms with Gasteiger partial charge in [-0.1, -0.05) is 36.4 Å². The molecule has 172 valence electrons. The number of aryl methyl sites for hydroxylation is 2. The SMILES string of the molecule is Cc1cc(C)c2c(C(C)n3c(=O)n([C@H](CC(=O)O)c4ccccc4)c4ncccc43)c[nH]c2c1. The number of aromatic amines is 1. The molecule has 3 heterocycles. The Hall–Kier alpha value is -4.13. The van der Waals surface area contributed by atoms with Crippen LogP contribution in [0.15, 0.2) is 71.8 Å². The number of imidazole rings is 1. The predicted octanol–water partition coefficient (Wildman–Crippen LogP) is 4.97. The van der Waals surface area contributed by atoms with Crippen molar-refractivity contribution in [3.05, 3.63) is 99.7 Å². The predicted molar refractivity (Wildman–Crippen MR) is 132 cm³/mol. The average molecular weight is 455 g/mol. The van der Waals surface area contributed by atoms with E-state index in [0.29, 0.717) is 11.2 Å². The van der Waals surface area contributed by atoms with E-state index in [1.165, 1.54) is 10.1 Å². The minimum atomic E-state index is -0.978. The van der Waals surface area contributed by atoms with Crippen LogP contribution in [0, 0.1) is 13.8 Å². The highest BCUT2D eigenvalue weighted by Crippen LogP contribution is 2.32. The van der Waals surface area contributed by atoms with Crippen LogP contribution in [0.1, 0.15) is 47.7 Å². The minimum absolute atomic E-state index is 0.223. The van der Waals surface area contributed by atoms with Crippen LogP contribution in [-0.2, 0) is 4.79 Å². The fourth-order valence-corrected chi connectivity index (χ4v) is 5.09. The lowest BCUT2D eigenvalue weighted by molar-refractivity contribution is -0.137. The third-order valence-corrected chi connectivity index (χ3v) is 6.52. The number of pyridine rings is 1. The van der Waals surface area contributed by atoms with Crippen LogP contribution in [-0.4, -0.2) is 30.2 Å². The van der Waals surface area contributed by atoms with Gasteiger partial charge in [-0.05, 0) is 55.7 Å². The van der Waals surface area contributed by atoms with Crippen molar-refractivity contribution in [2.45, 2.75) is 39.3 Å². The molecule has 2 atom stereocenters. The first-order valence-corrected chi connectivity index (χ1v) is 11.3. The summed E-state index contributed by atoms with van der Waals surface area (Å²) < 4.78 is 3.25. The van der Waals surface area contributed by atoms with Gasteiger partial charge in [0.25, 0.3) is 0 Å². The monoisotopic (exact) mass is 454 g/mol. The molecule has 0 amide bonds. The van der Waals surface area contributed by atoms with Crippen molar-refractivity contribution < 1.29 is 9.90 Å². The van der Waals surface area contributed by atoms with Gasteiger partial charge < -0.3 is 10.1 Å². The summed E-state index contributed by atoms with van der Waals surface area (Å²) in [6, 6.07) is 16.2. The molecule has 2 N–H and O–H groups in total. The van der Waals surface area contributed by atoms with E-state index in [1.54, 1.807) is 16.8 Å². The van der Waals surface area contributed by atoms with E-state index in [-0.39, 0.29) is 18.2 Å². The molecule has 0 radical (unpaired) electrons. The summed E-state index contributed by atoms with van der Waals surface area (Å²) in [5.74, 6) is -0.978. The number of nitrogens with one attached hydrogen (secondary N) is 1. The Kier molecular flexibility index (Phi) is 5.32. The number of hydrogen-bond donors (Lipinski definition) is 2. The Morgan fingerprint density at radius 3 is 2.59 bits per heavy atom. The van der Waals surface area contributed by atoms with Gasteiger partial charge in [-0.25, -0.2) is 9.78 Å². The lowest BCUT2D eigenvalue weighted by Gasteiger charge is -2.17. The Bertz CT molecular complexity index is 1580. The van der Waals surface area contributed by atoms with E-state index in [1.807, 2.05) is 49.5 Å². The fraction of sp³-hybridized carbons (Fsp3) is 0.222. The number of nitrogens with zero attached hydrogens (tertiary/aromatic N) is 3. The molecular formula is C27H26N4O3. The van der Waals surface area contributed by atoms with Crippen molar-refractivity contribution in [2.24, 2.45) is 0 Å². The van der Waals surface area contributed by atoms with Crippen LogP contribution in [0.3, 0.4) is 0 Å². The zero-order valence-electron chi connectivity index (χ0n) is 19.3. The third kappa shape index (κ3) is 3.50. The van der Waals surface area contributed by atoms with Gasteiger partial charge in [0.15, 0.2) is 5.65 Å². The van der Waals surface area contributed by atoms with Crippen molar-refractivity contribution in [1.82, 2.24) is 19.1 Å². The number of aliphatic carboxylic acids is 1. The van der Waals surface area contributed by atoms with Crippen LogP contribution >= 0.6 is 0 Å². The zero-order valence-corrected chi connectivity index (χ0v) is 19.3. The maximum absolute atomic E-state index is 14.0. The molecule has 0 bridgehead atoms. The number of H-pyrrole nitrogens is 1. The first-order valence-electron chi connectivity index (χ1n) is 11.3. The van der Waals surface area contributed by atoms with Crippen molar-refractivity contribution in [3.8, 4) is 0 Å². The summed E-state index contributed by atoms with van der Waals surface area (Å²) in [5.41, 5.74) is 5.96. The summed E-state index contributed by atoms with van der Waals surface area (Å²) in [7, 11) is 0. The highest BCUT2D eigenvalue weighted by Gasteiger charge is 2.28. The number of benzene rings is 2. The normalized spacial score (nSPS) is 13.4. The molecule has 7 heteroatoms. The smallest absolute Gasteiger partial charge is 0.331 e. The summed E-state index contributed by atoms with van der Waals surface area (Å²) >= 11 is 0. The van der Waals surface area contributed by atoms with Crippen LogP contribution in [0.2, 0.25) is 0 Å². The van der Waals surface area contributed by atoms with E-state index in [9.17, 15) is 14.7 Å². The topological polar surface area (TPSA) is 92.9 Å². The summed E-state index contributed by atoms with van der Waals surface area (Å²) in [5, 5.41) is 10.8. The third-order valence-electron chi connectivity index (χ3n) is 6.52. The van der Waals surface area contributed by atoms with Gasteiger partial charge >= 0.3 is 11.7 Å². The Labute approximate surface area is 196 Å². The molecule has 2 aromatic carbocycles. The number of carboxylic acid groups (broad SMARTS) is 1. The Morgan fingerprint density at radius 1 is 1.09 bits per heavy atom. The maximum Gasteiger partial charge on any atom is 0.331 e. The van der Waals surface area contributed by atoms with Crippen molar-refractivity contribution in [3.63, 3.8) is 0 Å². The first kappa shape index (κ1) is 21.7. The lowest BCUT2D eigenvalue weighted by atomic mass is 10.0. The molecule has 3 aromatic heterocycles. The van der Waals surface area contributed by atoms with Crippen LogP contribution in [0.4, 0.5) is 0 Å². The van der Waals surface area contributed by atoms with Gasteiger partial charge in [0.1, 0.15) is 0 Å². The highest BCUT2D eigenvalue weighted by atomic mass is 16.4. The molecule has 7 nitrogen and oxygen atoms in total. The largest absolute Gasteiger partial charge is 0.481 e. The van der Waals surface area contributed by atoms with Crippen molar-refractivity contribution in [2.75, 3.05) is 0 Å². The number of fused-ring (bicyclic) bond motifs is 2. The molecule has 34 heavy (non-hydrogen) atoms. The fourth-order valence-electron chi connectivity index (χ4n) is 5.09. The second-order valence-electron chi connectivity index (χ2n) is 8.82. The van der Waals surface area contributed by atoms with Crippen LogP contribution < -0.4 is 5.69 Å². The minimum Gasteiger partial charge on any atom is -0.481 e. The number of aromatic nitrogens is 4. The molecule has 0 aliphatic carbocycles. The van der Waals surface area contributed by atoms with E-state index in [2.05, 4.69) is 35.9 Å². The molecule has 0 aliphatic rings. The maximum atomic E-state index is 14.0.